The predicted molar refractivity (Wildman–Crippen MR) is 229 cm³/mol. The predicted octanol–water partition coefficient (Wildman–Crippen LogP) is 6.86. The number of carbonyl (C=O) groups is 6. The number of rotatable bonds is 12. The van der Waals surface area contributed by atoms with Crippen molar-refractivity contribution in [1.82, 2.24) is 25.0 Å². The lowest BCUT2D eigenvalue weighted by Crippen LogP contribution is -2.48. The molecular formula is C46H49N7O8. The van der Waals surface area contributed by atoms with E-state index >= 15 is 0 Å². The Balaban J connectivity index is 1.04. The second-order valence-corrected chi connectivity index (χ2v) is 16.2. The zero-order valence-electron chi connectivity index (χ0n) is 33.6. The molecule has 3 heterocycles. The minimum absolute atomic E-state index is 0.320. The number of benzene rings is 4. The number of anilines is 2. The Hall–Kier alpha value is -6.90. The lowest BCUT2D eigenvalue weighted by atomic mass is 10.0. The van der Waals surface area contributed by atoms with Crippen LogP contribution in [0.2, 0.25) is 0 Å². The zero-order chi connectivity index (χ0) is 42.6. The van der Waals surface area contributed by atoms with Gasteiger partial charge in [-0.3, -0.25) is 19.2 Å². The number of likely N-dealkylation sites (tertiary alicyclic amines) is 2. The summed E-state index contributed by atoms with van der Waals surface area (Å²) in [5, 5.41) is 31.8. The van der Waals surface area contributed by atoms with Crippen LogP contribution >= 0.6 is 0 Å². The van der Waals surface area contributed by atoms with Crippen LogP contribution in [0, 0.1) is 5.92 Å². The smallest absolute Gasteiger partial charge is 0.405 e. The summed E-state index contributed by atoms with van der Waals surface area (Å²) < 4.78 is 2.24. The molecule has 15 nitrogen and oxygen atoms in total. The van der Waals surface area contributed by atoms with Crippen LogP contribution in [0.3, 0.4) is 0 Å². The van der Waals surface area contributed by atoms with Crippen LogP contribution in [0.4, 0.5) is 21.0 Å². The molecule has 2 aliphatic heterocycles. The Labute approximate surface area is 352 Å². The highest BCUT2D eigenvalue weighted by molar-refractivity contribution is 6.11. The van der Waals surface area contributed by atoms with E-state index in [4.69, 9.17) is 0 Å². The van der Waals surface area contributed by atoms with Crippen LogP contribution in [0.25, 0.3) is 21.8 Å². The van der Waals surface area contributed by atoms with E-state index < -0.39 is 48.2 Å². The van der Waals surface area contributed by atoms with Crippen LogP contribution in [0.5, 0.6) is 0 Å². The number of carbonyl (C=O) groups excluding carboxylic acids is 4. The van der Waals surface area contributed by atoms with Crippen LogP contribution in [-0.2, 0) is 25.7 Å². The van der Waals surface area contributed by atoms with E-state index in [9.17, 15) is 39.0 Å². The SMILES string of the molecule is O=C(O)NC(C(=O)N1CCC[C@H]1C(=O)Nc1ccc2c3ccc(NC(=O)[C@@H]4CCCN4C(=O)C(NC(=O)O)c4ccccc4)cc3n(CC3CCCC3)c2c1)c1ccccc1. The van der Waals surface area contributed by atoms with Crippen LogP contribution in [0.15, 0.2) is 97.1 Å². The summed E-state index contributed by atoms with van der Waals surface area (Å²) in [4.78, 5) is 81.8. The van der Waals surface area contributed by atoms with Crippen LogP contribution in [0.1, 0.15) is 74.6 Å². The standard InChI is InChI=1S/C46H49N7O8/c54-41(35-17-9-23-51(35)43(56)39(49-45(58)59)29-13-3-1-4-14-29)47-31-19-21-33-34-22-20-32(26-38(34)53(37(33)25-31)27-28-11-7-8-12-28)48-42(55)36-18-10-24-52(36)44(57)40(50-46(60)61)30-15-5-2-6-16-30/h1-6,13-16,19-22,25-26,28,35-36,39-40,49-50H,7-12,17-18,23-24,27H2,(H,47,54)(H,48,55)(H,58,59)(H,60,61)/t35-,36-,39?,40?/m0/s1. The van der Waals surface area contributed by atoms with Gasteiger partial charge in [0, 0.05) is 41.8 Å². The van der Waals surface area contributed by atoms with Gasteiger partial charge in [-0.05, 0) is 79.8 Å². The third-order valence-electron chi connectivity index (χ3n) is 12.3. The molecule has 61 heavy (non-hydrogen) atoms. The molecule has 1 aliphatic carbocycles. The molecule has 3 fully saturated rings. The van der Waals surface area contributed by atoms with Crippen molar-refractivity contribution in [2.75, 3.05) is 23.7 Å². The number of hydrogen-bond donors (Lipinski definition) is 6. The van der Waals surface area contributed by atoms with Crippen molar-refractivity contribution in [3.05, 3.63) is 108 Å². The van der Waals surface area contributed by atoms with E-state index in [1.54, 1.807) is 60.7 Å². The summed E-state index contributed by atoms with van der Waals surface area (Å²) in [6.07, 6.45) is 3.86. The minimum Gasteiger partial charge on any atom is -0.465 e. The zero-order valence-corrected chi connectivity index (χ0v) is 33.6. The van der Waals surface area contributed by atoms with Crippen molar-refractivity contribution in [3.8, 4) is 0 Å². The van der Waals surface area contributed by atoms with Gasteiger partial charge in [0.1, 0.15) is 24.2 Å². The molecule has 1 saturated carbocycles. The third-order valence-corrected chi connectivity index (χ3v) is 12.3. The van der Waals surface area contributed by atoms with Gasteiger partial charge in [-0.2, -0.15) is 0 Å². The lowest BCUT2D eigenvalue weighted by Gasteiger charge is -2.28. The maximum Gasteiger partial charge on any atom is 0.405 e. The number of nitrogens with zero attached hydrogens (tertiary/aromatic N) is 3. The Bertz CT molecular complexity index is 2310. The highest BCUT2D eigenvalue weighted by Crippen LogP contribution is 2.37. The summed E-state index contributed by atoms with van der Waals surface area (Å²) in [5.74, 6) is -1.24. The van der Waals surface area contributed by atoms with Crippen molar-refractivity contribution in [2.24, 2.45) is 5.92 Å². The molecule has 2 unspecified atom stereocenters. The molecule has 1 aromatic heterocycles. The summed E-state index contributed by atoms with van der Waals surface area (Å²) in [5.41, 5.74) is 3.90. The second kappa shape index (κ2) is 17.8. The molecule has 0 radical (unpaired) electrons. The van der Waals surface area contributed by atoms with E-state index in [1.807, 2.05) is 36.4 Å². The summed E-state index contributed by atoms with van der Waals surface area (Å²) in [6.45, 7) is 1.38. The number of carboxylic acid groups (broad SMARTS) is 2. The molecular weight excluding hydrogens is 779 g/mol. The summed E-state index contributed by atoms with van der Waals surface area (Å²) >= 11 is 0. The Morgan fingerprint density at radius 2 is 0.984 bits per heavy atom. The normalized spacial score (nSPS) is 18.8. The molecule has 2 saturated heterocycles. The first-order chi connectivity index (χ1) is 29.5. The fraction of sp³-hybridized carbons (Fsp3) is 0.348. The number of amides is 6. The molecule has 316 valence electrons. The van der Waals surface area contributed by atoms with Gasteiger partial charge in [0.25, 0.3) is 11.8 Å². The molecule has 0 spiro atoms. The van der Waals surface area contributed by atoms with E-state index in [2.05, 4.69) is 25.8 Å². The number of hydrogen-bond acceptors (Lipinski definition) is 6. The lowest BCUT2D eigenvalue weighted by molar-refractivity contribution is -0.138. The van der Waals surface area contributed by atoms with Crippen molar-refractivity contribution in [2.45, 2.75) is 82.1 Å². The first kappa shape index (κ1) is 40.9. The van der Waals surface area contributed by atoms with Crippen LogP contribution < -0.4 is 21.3 Å². The first-order valence-corrected chi connectivity index (χ1v) is 20.9. The number of nitrogens with one attached hydrogen (secondary N) is 4. The van der Waals surface area contributed by atoms with Gasteiger partial charge in [-0.15, -0.1) is 0 Å². The number of fused-ring (bicyclic) bond motifs is 3. The van der Waals surface area contributed by atoms with Crippen molar-refractivity contribution >= 4 is 69.0 Å². The van der Waals surface area contributed by atoms with E-state index in [-0.39, 0.29) is 11.8 Å². The molecule has 15 heteroatoms. The summed E-state index contributed by atoms with van der Waals surface area (Å²) in [6, 6.07) is 24.8. The topological polar surface area (TPSA) is 202 Å². The molecule has 0 bridgehead atoms. The second-order valence-electron chi connectivity index (χ2n) is 16.2. The van der Waals surface area contributed by atoms with Crippen LogP contribution in [-0.4, -0.2) is 85.6 Å². The minimum atomic E-state index is -1.34. The Morgan fingerprint density at radius 1 is 0.557 bits per heavy atom. The van der Waals surface area contributed by atoms with E-state index in [0.717, 1.165) is 54.0 Å². The van der Waals surface area contributed by atoms with Crippen molar-refractivity contribution < 1.29 is 39.0 Å². The highest BCUT2D eigenvalue weighted by Gasteiger charge is 2.40. The average molecular weight is 828 g/mol. The van der Waals surface area contributed by atoms with Gasteiger partial charge in [-0.25, -0.2) is 9.59 Å². The van der Waals surface area contributed by atoms with E-state index in [0.29, 0.717) is 67.2 Å². The monoisotopic (exact) mass is 827 g/mol. The quantitative estimate of drug-likeness (QED) is 0.0783. The van der Waals surface area contributed by atoms with Gasteiger partial charge in [0.2, 0.25) is 11.8 Å². The molecule has 4 aromatic carbocycles. The number of aromatic nitrogens is 1. The van der Waals surface area contributed by atoms with E-state index in [1.165, 1.54) is 9.80 Å². The van der Waals surface area contributed by atoms with Crippen molar-refractivity contribution in [1.29, 1.82) is 0 Å². The molecule has 3 aliphatic rings. The third kappa shape index (κ3) is 8.72. The van der Waals surface area contributed by atoms with Crippen molar-refractivity contribution in [3.63, 3.8) is 0 Å². The fourth-order valence-corrected chi connectivity index (χ4v) is 9.40. The summed E-state index contributed by atoms with van der Waals surface area (Å²) in [7, 11) is 0. The highest BCUT2D eigenvalue weighted by atomic mass is 16.4. The molecule has 6 N–H and O–H groups in total. The molecule has 5 aromatic rings. The molecule has 4 atom stereocenters. The van der Waals surface area contributed by atoms with Gasteiger partial charge in [0.05, 0.1) is 11.0 Å². The van der Waals surface area contributed by atoms with Gasteiger partial charge < -0.3 is 45.8 Å². The molecule has 8 rings (SSSR count). The largest absolute Gasteiger partial charge is 0.465 e. The maximum atomic E-state index is 13.9. The fourth-order valence-electron chi connectivity index (χ4n) is 9.40. The Morgan fingerprint density at radius 3 is 1.39 bits per heavy atom. The van der Waals surface area contributed by atoms with Gasteiger partial charge in [-0.1, -0.05) is 85.6 Å². The maximum absolute atomic E-state index is 13.9. The van der Waals surface area contributed by atoms with Gasteiger partial charge >= 0.3 is 12.2 Å². The molecule has 6 amide bonds. The van der Waals surface area contributed by atoms with Gasteiger partial charge in [0.15, 0.2) is 0 Å². The Kier molecular flexibility index (Phi) is 11.9. The average Bonchev–Trinajstić information content (AvgIpc) is 4.10. The first-order valence-electron chi connectivity index (χ1n) is 20.9.